The third kappa shape index (κ3) is 3.36. The summed E-state index contributed by atoms with van der Waals surface area (Å²) in [5, 5.41) is 1.19. The zero-order chi connectivity index (χ0) is 18.1. The van der Waals surface area contributed by atoms with Crippen LogP contribution in [0.1, 0.15) is 43.0 Å². The van der Waals surface area contributed by atoms with Crippen LogP contribution in [0.25, 0.3) is 10.2 Å². The minimum atomic E-state index is 0.168. The molecule has 3 heterocycles. The van der Waals surface area contributed by atoms with Crippen molar-refractivity contribution < 1.29 is 4.79 Å². The largest absolute Gasteiger partial charge is 0.352 e. The van der Waals surface area contributed by atoms with Crippen LogP contribution in [-0.4, -0.2) is 47.0 Å². The molecule has 0 saturated carbocycles. The summed E-state index contributed by atoms with van der Waals surface area (Å²) in [6.07, 6.45) is 1.85. The summed E-state index contributed by atoms with van der Waals surface area (Å²) in [5.74, 6) is 2.34. The molecule has 0 unspecified atom stereocenters. The predicted molar refractivity (Wildman–Crippen MR) is 104 cm³/mol. The molecule has 1 saturated heterocycles. The van der Waals surface area contributed by atoms with Gasteiger partial charge in [0, 0.05) is 37.0 Å². The Labute approximate surface area is 154 Å². The average Bonchev–Trinajstić information content (AvgIpc) is 2.89. The minimum absolute atomic E-state index is 0.168. The van der Waals surface area contributed by atoms with Crippen molar-refractivity contribution in [3.8, 4) is 0 Å². The van der Waals surface area contributed by atoms with Gasteiger partial charge in [-0.1, -0.05) is 13.8 Å². The van der Waals surface area contributed by atoms with Gasteiger partial charge < -0.3 is 9.80 Å². The second-order valence-corrected chi connectivity index (χ2v) is 8.09. The molecular formula is C19H28N4OS. The van der Waals surface area contributed by atoms with Crippen LogP contribution in [0, 0.1) is 26.7 Å². The van der Waals surface area contributed by atoms with Gasteiger partial charge in [0.25, 0.3) is 0 Å². The minimum Gasteiger partial charge on any atom is -0.352 e. The average molecular weight is 361 g/mol. The number of hydrogen-bond donors (Lipinski definition) is 0. The molecule has 5 nitrogen and oxygen atoms in total. The normalized spacial score (nSPS) is 15.4. The fourth-order valence-electron chi connectivity index (χ4n) is 3.60. The van der Waals surface area contributed by atoms with Gasteiger partial charge in [0.15, 0.2) is 0 Å². The van der Waals surface area contributed by atoms with E-state index in [1.165, 1.54) is 15.8 Å². The number of thiophene rings is 1. The molecule has 0 N–H and O–H groups in total. The first-order valence-corrected chi connectivity index (χ1v) is 10.1. The molecule has 0 spiro atoms. The number of aromatic nitrogens is 2. The van der Waals surface area contributed by atoms with Crippen LogP contribution in [0.2, 0.25) is 0 Å². The summed E-state index contributed by atoms with van der Waals surface area (Å²) < 4.78 is 0. The fraction of sp³-hybridized carbons (Fsp3) is 0.632. The third-order valence-electron chi connectivity index (χ3n) is 5.35. The summed E-state index contributed by atoms with van der Waals surface area (Å²) in [6.45, 7) is 13.7. The first kappa shape index (κ1) is 18.1. The van der Waals surface area contributed by atoms with Crippen LogP contribution in [0.3, 0.4) is 0 Å². The van der Waals surface area contributed by atoms with Gasteiger partial charge in [-0.05, 0) is 39.2 Å². The Kier molecular flexibility index (Phi) is 5.27. The van der Waals surface area contributed by atoms with Gasteiger partial charge in [0.05, 0.1) is 5.39 Å². The standard InChI is InChI=1S/C19H28N4OS/c1-6-15(7-2)19(24)23-10-8-22(9-11-23)17-16-12(3)13(4)25-18(16)21-14(5)20-17/h15H,6-11H2,1-5H3. The Balaban J connectivity index is 1.82. The van der Waals surface area contributed by atoms with E-state index in [0.29, 0.717) is 5.91 Å². The first-order chi connectivity index (χ1) is 12.0. The smallest absolute Gasteiger partial charge is 0.225 e. The van der Waals surface area contributed by atoms with Gasteiger partial charge in [-0.15, -0.1) is 11.3 Å². The lowest BCUT2D eigenvalue weighted by molar-refractivity contribution is -0.136. The molecule has 1 aliphatic rings. The molecule has 0 aromatic carbocycles. The van der Waals surface area contributed by atoms with E-state index in [1.807, 2.05) is 11.8 Å². The van der Waals surface area contributed by atoms with E-state index in [0.717, 1.165) is 55.5 Å². The number of amides is 1. The number of anilines is 1. The van der Waals surface area contributed by atoms with Crippen molar-refractivity contribution in [2.24, 2.45) is 5.92 Å². The quantitative estimate of drug-likeness (QED) is 0.834. The highest BCUT2D eigenvalue weighted by Gasteiger charge is 2.27. The number of fused-ring (bicyclic) bond motifs is 1. The lowest BCUT2D eigenvalue weighted by atomic mass is 10.0. The van der Waals surface area contributed by atoms with Crippen molar-refractivity contribution in [2.75, 3.05) is 31.1 Å². The van der Waals surface area contributed by atoms with Crippen molar-refractivity contribution in [2.45, 2.75) is 47.5 Å². The summed E-state index contributed by atoms with van der Waals surface area (Å²) in [6, 6.07) is 0. The van der Waals surface area contributed by atoms with Crippen LogP contribution in [0.4, 0.5) is 5.82 Å². The van der Waals surface area contributed by atoms with Gasteiger partial charge in [0.2, 0.25) is 5.91 Å². The molecule has 2 aromatic heterocycles. The number of rotatable bonds is 4. The lowest BCUT2D eigenvalue weighted by Crippen LogP contribution is -2.50. The second-order valence-electron chi connectivity index (χ2n) is 6.88. The summed E-state index contributed by atoms with van der Waals surface area (Å²) in [5.41, 5.74) is 1.28. The highest BCUT2D eigenvalue weighted by atomic mass is 32.1. The van der Waals surface area contributed by atoms with Crippen LogP contribution in [0.15, 0.2) is 0 Å². The Hall–Kier alpha value is -1.69. The van der Waals surface area contributed by atoms with E-state index in [1.54, 1.807) is 11.3 Å². The van der Waals surface area contributed by atoms with Crippen molar-refractivity contribution in [1.82, 2.24) is 14.9 Å². The number of nitrogens with zero attached hydrogens (tertiary/aromatic N) is 4. The molecule has 0 radical (unpaired) electrons. The van der Waals surface area contributed by atoms with Gasteiger partial charge in [-0.2, -0.15) is 0 Å². The summed E-state index contributed by atoms with van der Waals surface area (Å²) in [7, 11) is 0. The maximum Gasteiger partial charge on any atom is 0.225 e. The molecule has 1 amide bonds. The maximum atomic E-state index is 12.6. The van der Waals surface area contributed by atoms with Gasteiger partial charge in [0.1, 0.15) is 16.5 Å². The number of piperazine rings is 1. The molecule has 6 heteroatoms. The van der Waals surface area contributed by atoms with Crippen LogP contribution in [-0.2, 0) is 4.79 Å². The highest BCUT2D eigenvalue weighted by molar-refractivity contribution is 7.18. The Morgan fingerprint density at radius 3 is 2.32 bits per heavy atom. The van der Waals surface area contributed by atoms with E-state index in [2.05, 4.69) is 37.6 Å². The molecule has 0 bridgehead atoms. The van der Waals surface area contributed by atoms with Crippen LogP contribution >= 0.6 is 11.3 Å². The summed E-state index contributed by atoms with van der Waals surface area (Å²) >= 11 is 1.74. The Bertz CT molecular complexity index is 773. The maximum absolute atomic E-state index is 12.6. The Morgan fingerprint density at radius 2 is 1.72 bits per heavy atom. The van der Waals surface area contributed by atoms with Gasteiger partial charge >= 0.3 is 0 Å². The second kappa shape index (κ2) is 7.28. The molecule has 1 fully saturated rings. The lowest BCUT2D eigenvalue weighted by Gasteiger charge is -2.37. The van der Waals surface area contributed by atoms with E-state index < -0.39 is 0 Å². The van der Waals surface area contributed by atoms with E-state index >= 15 is 0 Å². The summed E-state index contributed by atoms with van der Waals surface area (Å²) in [4.78, 5) is 28.7. The molecule has 0 aliphatic carbocycles. The van der Waals surface area contributed by atoms with E-state index in [-0.39, 0.29) is 5.92 Å². The van der Waals surface area contributed by atoms with Gasteiger partial charge in [-0.25, -0.2) is 9.97 Å². The monoisotopic (exact) mass is 360 g/mol. The molecule has 136 valence electrons. The highest BCUT2D eigenvalue weighted by Crippen LogP contribution is 2.35. The fourth-order valence-corrected chi connectivity index (χ4v) is 4.67. The van der Waals surface area contributed by atoms with Crippen molar-refractivity contribution in [3.63, 3.8) is 0 Å². The SMILES string of the molecule is CCC(CC)C(=O)N1CCN(c2nc(C)nc3sc(C)c(C)c23)CC1. The molecule has 2 aromatic rings. The number of carbonyl (C=O) groups excluding carboxylic acids is 1. The predicted octanol–water partition coefficient (Wildman–Crippen LogP) is 3.70. The molecule has 3 rings (SSSR count). The molecule has 25 heavy (non-hydrogen) atoms. The van der Waals surface area contributed by atoms with E-state index in [4.69, 9.17) is 4.98 Å². The number of hydrogen-bond acceptors (Lipinski definition) is 5. The van der Waals surface area contributed by atoms with Crippen molar-refractivity contribution in [3.05, 3.63) is 16.3 Å². The first-order valence-electron chi connectivity index (χ1n) is 9.24. The molecule has 0 atom stereocenters. The molecular weight excluding hydrogens is 332 g/mol. The van der Waals surface area contributed by atoms with Crippen molar-refractivity contribution >= 4 is 33.3 Å². The number of carbonyl (C=O) groups is 1. The van der Waals surface area contributed by atoms with Crippen LogP contribution in [0.5, 0.6) is 0 Å². The topological polar surface area (TPSA) is 49.3 Å². The number of aryl methyl sites for hydroxylation is 3. The van der Waals surface area contributed by atoms with E-state index in [9.17, 15) is 4.79 Å². The zero-order valence-electron chi connectivity index (χ0n) is 15.9. The van der Waals surface area contributed by atoms with Crippen molar-refractivity contribution in [1.29, 1.82) is 0 Å². The Morgan fingerprint density at radius 1 is 1.08 bits per heavy atom. The third-order valence-corrected chi connectivity index (χ3v) is 6.45. The molecule has 1 aliphatic heterocycles. The van der Waals surface area contributed by atoms with Gasteiger partial charge in [-0.3, -0.25) is 4.79 Å². The van der Waals surface area contributed by atoms with Crippen LogP contribution < -0.4 is 4.90 Å². The zero-order valence-corrected chi connectivity index (χ0v) is 16.7.